The molecule has 0 aromatic heterocycles. The van der Waals surface area contributed by atoms with Crippen molar-refractivity contribution in [3.8, 4) is 0 Å². The zero-order valence-electron chi connectivity index (χ0n) is 77.6. The highest BCUT2D eigenvalue weighted by molar-refractivity contribution is 6.86. The van der Waals surface area contributed by atoms with Gasteiger partial charge in [0.1, 0.15) is 48.8 Å². The molecule has 0 aliphatic heterocycles. The van der Waals surface area contributed by atoms with E-state index in [4.69, 9.17) is 54.4 Å². The monoisotopic (exact) mass is 1740 g/mol. The minimum atomic E-state index is -1.89. The largest absolute Gasteiger partial charge is 0.456 e. The van der Waals surface area contributed by atoms with Gasteiger partial charge in [-0.3, -0.25) is 0 Å². The third-order valence-corrected chi connectivity index (χ3v) is 72.4. The first-order valence-electron chi connectivity index (χ1n) is 44.3. The molecule has 0 amide bonds. The molecule has 0 unspecified atom stereocenters. The van der Waals surface area contributed by atoms with E-state index in [2.05, 4.69) is 214 Å². The Labute approximate surface area is 683 Å². The Hall–Kier alpha value is 1.96. The average molecular weight is 1740 g/mol. The molecule has 0 aromatic carbocycles. The summed E-state index contributed by atoms with van der Waals surface area (Å²) in [6.07, 6.45) is 2.74. The van der Waals surface area contributed by atoms with E-state index in [0.717, 1.165) is 75.5 Å². The van der Waals surface area contributed by atoms with Crippen molar-refractivity contribution in [3.05, 3.63) is 0 Å². The minimum Gasteiger partial charge on any atom is -0.456 e. The maximum atomic E-state index is 10.9. The van der Waals surface area contributed by atoms with Crippen LogP contribution in [0.3, 0.4) is 0 Å². The number of hydrogen-bond acceptors (Lipinski definition) is 16. The van der Waals surface area contributed by atoms with Crippen LogP contribution in [-0.4, -0.2) is 247 Å². The molecule has 28 heteroatoms. The van der Waals surface area contributed by atoms with Gasteiger partial charge in [0.25, 0.3) is 0 Å². The molecule has 8 atom stereocenters. The fourth-order valence-electron chi connectivity index (χ4n) is 16.9. The zero-order valence-corrected chi connectivity index (χ0v) is 89.6. The molecular formula is C80H188O16Si12. The fourth-order valence-corrected chi connectivity index (χ4v) is 62.9. The first-order valence-corrected chi connectivity index (χ1v) is 81.7. The van der Waals surface area contributed by atoms with Crippen molar-refractivity contribution in [1.29, 1.82) is 0 Å². The number of hydrogen-bond donors (Lipinski definition) is 4. The quantitative estimate of drug-likeness (QED) is 0.0332. The zero-order chi connectivity index (χ0) is 83.4. The van der Waals surface area contributed by atoms with Gasteiger partial charge < -0.3 is 74.8 Å². The lowest BCUT2D eigenvalue weighted by Gasteiger charge is -2.37. The first-order chi connectivity index (χ1) is 50.1. The second-order valence-electron chi connectivity index (χ2n) is 38.7. The van der Waals surface area contributed by atoms with E-state index < -0.39 is 148 Å². The van der Waals surface area contributed by atoms with Gasteiger partial charge in [0, 0.05) is 52.9 Å². The van der Waals surface area contributed by atoms with Crippen molar-refractivity contribution in [3.63, 3.8) is 0 Å². The molecule has 0 bridgehead atoms. The molecule has 0 heterocycles. The second-order valence-corrected chi connectivity index (χ2v) is 97.4. The van der Waals surface area contributed by atoms with Gasteiger partial charge in [-0.1, -0.05) is 180 Å². The molecule has 0 saturated heterocycles. The number of rotatable bonds is 70. The van der Waals surface area contributed by atoms with E-state index in [0.29, 0.717) is 52.9 Å². The van der Waals surface area contributed by atoms with Gasteiger partial charge >= 0.3 is 0 Å². The highest BCUT2D eigenvalue weighted by Crippen LogP contribution is 2.34. The molecule has 0 fully saturated rings. The van der Waals surface area contributed by atoms with E-state index in [-0.39, 0.29) is 26.4 Å². The molecule has 0 spiro atoms. The summed E-state index contributed by atoms with van der Waals surface area (Å²) >= 11 is 0. The highest BCUT2D eigenvalue weighted by atomic mass is 28.4. The third-order valence-electron chi connectivity index (χ3n) is 23.8. The normalized spacial score (nSPS) is 16.1. The summed E-state index contributed by atoms with van der Waals surface area (Å²) in [5.74, 6) is 0. The van der Waals surface area contributed by atoms with Crippen LogP contribution in [-0.2, 0) is 54.4 Å². The van der Waals surface area contributed by atoms with Gasteiger partial charge in [-0.05, 0) is 206 Å². The summed E-state index contributed by atoms with van der Waals surface area (Å²) in [6.45, 7) is 77.3. The van der Waals surface area contributed by atoms with E-state index in [1.807, 2.05) is 0 Å². The van der Waals surface area contributed by atoms with Gasteiger partial charge in [0.2, 0.25) is 0 Å². The van der Waals surface area contributed by atoms with Gasteiger partial charge in [-0.25, -0.2) is 0 Å². The Morgan fingerprint density at radius 2 is 0.324 bits per heavy atom. The second kappa shape index (κ2) is 56.5. The van der Waals surface area contributed by atoms with Crippen LogP contribution in [0.2, 0.25) is 252 Å². The van der Waals surface area contributed by atoms with Crippen LogP contribution in [0.5, 0.6) is 0 Å². The Kier molecular flexibility index (Phi) is 58.6. The molecule has 108 heavy (non-hydrogen) atoms. The Balaban J connectivity index is 0. The van der Waals surface area contributed by atoms with Crippen molar-refractivity contribution in [2.24, 2.45) is 0 Å². The predicted molar refractivity (Wildman–Crippen MR) is 498 cm³/mol. The maximum Gasteiger partial charge on any atom is 0.173 e. The van der Waals surface area contributed by atoms with E-state index in [1.165, 1.54) is 96.7 Å². The molecule has 0 aliphatic rings. The summed E-state index contributed by atoms with van der Waals surface area (Å²) in [4.78, 5) is 0. The molecule has 16 nitrogen and oxygen atoms in total. The smallest absolute Gasteiger partial charge is 0.173 e. The number of aliphatic hydroxyl groups is 4. The summed E-state index contributed by atoms with van der Waals surface area (Å²) < 4.78 is 79.8. The Bertz CT molecular complexity index is 1990. The van der Waals surface area contributed by atoms with Crippen molar-refractivity contribution in [2.45, 2.75) is 435 Å². The first kappa shape index (κ1) is 112. The van der Waals surface area contributed by atoms with Gasteiger partial charge in [-0.2, -0.15) is 0 Å². The molecule has 0 aliphatic carbocycles. The standard InChI is InChI=1S/C42H94O6Si4.C38H94O10Si8/c1-13-49(14-2,15-3)33-25-29-45-39(37-43)41(47-31-27-35-51(19-7,20-8)21-9)42(48-32-28-36-52(22-10,23-11)24-12)40(38-44)46-30-26-34-50(16-4,17-5)18-6;1-49(2,3)45-53(13,14)29-21-25-41-35(33-39)37(43-27-23-31-55(17,18)47-51(7,8)9)38(44-28-24-32-56(19,20)48-52(10,11)12)36(34-40)42-26-22-30-54(15,16)46-50(4,5)6/h39-44H,13-38H2,1-12H3;35-40H,21-34H2,1-20H3/t39-,40+,41-,42+;35-,36+,37-,38+. The summed E-state index contributed by atoms with van der Waals surface area (Å²) in [5, 5.41) is 43.7. The van der Waals surface area contributed by atoms with Crippen LogP contribution in [0.1, 0.15) is 134 Å². The lowest BCUT2D eigenvalue weighted by atomic mass is 10.0. The molecule has 0 saturated carbocycles. The minimum absolute atomic E-state index is 0.132. The molecule has 0 radical (unpaired) electrons. The molecule has 0 rings (SSSR count). The molecular weight excluding hydrogens is 1550 g/mol. The van der Waals surface area contributed by atoms with E-state index >= 15 is 0 Å². The predicted octanol–water partition coefficient (Wildman–Crippen LogP) is 22.4. The van der Waals surface area contributed by atoms with Crippen molar-refractivity contribution in [1.82, 2.24) is 0 Å². The van der Waals surface area contributed by atoms with Crippen LogP contribution >= 0.6 is 0 Å². The number of ether oxygens (including phenoxy) is 8. The molecule has 4 N–H and O–H groups in total. The number of aliphatic hydroxyl groups excluding tert-OH is 4. The Morgan fingerprint density at radius 1 is 0.194 bits per heavy atom. The lowest BCUT2D eigenvalue weighted by molar-refractivity contribution is -0.191. The van der Waals surface area contributed by atoms with Gasteiger partial charge in [0.05, 0.1) is 58.7 Å². The SMILES string of the molecule is CC[Si](CC)(CC)CCCO[C@H]([C@H](OCCC[Si](CC)(CC)CC)[C@@H](CO)OCCC[Si](CC)(CC)CC)[C@H](CO)OCCC[Si](CC)(CC)CC.C[Si](C)(C)O[Si](C)(C)CCCO[C@H]([C@H](OCCC[Si](C)(C)O[Si](C)(C)C)[C@@H](CO)OCCC[Si](C)(C)O[Si](C)(C)C)[C@H](CO)OCCC[Si](C)(C)O[Si](C)(C)C. The van der Waals surface area contributed by atoms with Crippen LogP contribution in [0.25, 0.3) is 0 Å². The maximum absolute atomic E-state index is 10.9. The Morgan fingerprint density at radius 3 is 0.444 bits per heavy atom. The molecule has 0 aromatic rings. The van der Waals surface area contributed by atoms with Gasteiger partial charge in [0.15, 0.2) is 66.5 Å². The van der Waals surface area contributed by atoms with E-state index in [9.17, 15) is 20.4 Å². The van der Waals surface area contributed by atoms with Crippen LogP contribution in [0.4, 0.5) is 0 Å². The van der Waals surface area contributed by atoms with Gasteiger partial charge in [-0.15, -0.1) is 0 Å². The summed E-state index contributed by atoms with van der Waals surface area (Å²) in [7, 11) is -19.2. The highest BCUT2D eigenvalue weighted by Gasteiger charge is 2.43. The van der Waals surface area contributed by atoms with Crippen molar-refractivity contribution in [2.75, 3.05) is 79.3 Å². The van der Waals surface area contributed by atoms with E-state index in [1.54, 1.807) is 0 Å². The van der Waals surface area contributed by atoms with Crippen molar-refractivity contribution >= 4 is 98.8 Å². The average Bonchev–Trinajstić information content (AvgIpc) is 0.842. The summed E-state index contributed by atoms with van der Waals surface area (Å²) in [5.41, 5.74) is 0. The van der Waals surface area contributed by atoms with Crippen LogP contribution < -0.4 is 0 Å². The summed E-state index contributed by atoms with van der Waals surface area (Å²) in [6, 6.07) is 24.7. The van der Waals surface area contributed by atoms with Crippen molar-refractivity contribution < 1.29 is 74.8 Å². The fraction of sp³-hybridized carbons (Fsp3) is 1.00. The van der Waals surface area contributed by atoms with Crippen LogP contribution in [0.15, 0.2) is 0 Å². The molecule has 652 valence electrons. The van der Waals surface area contributed by atoms with Crippen LogP contribution in [0, 0.1) is 0 Å². The lowest BCUT2D eigenvalue weighted by Crippen LogP contribution is -2.52. The third kappa shape index (κ3) is 49.5. The topological polar surface area (TPSA) is 192 Å².